The number of aliphatic hydroxyl groups is 2. The molecule has 1 fully saturated rings. The number of esters is 2. The van der Waals surface area contributed by atoms with Crippen molar-refractivity contribution in [3.63, 3.8) is 0 Å². The highest BCUT2D eigenvalue weighted by Gasteiger charge is 2.50. The van der Waals surface area contributed by atoms with Crippen molar-refractivity contribution in [3.05, 3.63) is 112 Å². The predicted molar refractivity (Wildman–Crippen MR) is 337 cm³/mol. The minimum Gasteiger partial charge on any atom is -0.499 e. The number of carbonyl (C=O) groups is 6. The Bertz CT molecular complexity index is 4280. The number of ether oxygens (including phenoxy) is 7. The van der Waals surface area contributed by atoms with Gasteiger partial charge in [-0.2, -0.15) is 4.73 Å². The first-order valence-electron chi connectivity index (χ1n) is 28.8. The van der Waals surface area contributed by atoms with E-state index in [0.717, 1.165) is 45.3 Å². The molecule has 0 spiro atoms. The molecule has 4 aliphatic heterocycles. The number of hydrogen-bond acceptors (Lipinski definition) is 29. The first kappa shape index (κ1) is 64.8. The van der Waals surface area contributed by atoms with E-state index in [2.05, 4.69) is 31.2 Å². The number of pyridine rings is 1. The topological polar surface area (TPSA) is 387 Å². The number of thiazole rings is 5. The summed E-state index contributed by atoms with van der Waals surface area (Å²) in [6.07, 6.45) is -7.33. The maximum absolute atomic E-state index is 15.2. The van der Waals surface area contributed by atoms with Crippen molar-refractivity contribution < 1.29 is 77.3 Å². The number of rotatable bonds is 8. The van der Waals surface area contributed by atoms with Crippen molar-refractivity contribution in [2.24, 2.45) is 5.73 Å². The molecule has 10 atom stereocenters. The number of carbonyl (C=O) groups excluding carboxylic acids is 6. The number of allylic oxidation sites excluding steroid dienone is 1. The summed E-state index contributed by atoms with van der Waals surface area (Å²) in [5, 5.41) is 55.1. The van der Waals surface area contributed by atoms with Crippen LogP contribution in [0.25, 0.3) is 49.3 Å². The van der Waals surface area contributed by atoms with E-state index in [1.807, 2.05) is 0 Å². The summed E-state index contributed by atoms with van der Waals surface area (Å²) in [7, 11) is 6.35. The fourth-order valence-corrected chi connectivity index (χ4v) is 15.8. The molecule has 488 valence electrons. The average molecular weight is 1370 g/mol. The van der Waals surface area contributed by atoms with Gasteiger partial charge < -0.3 is 80.5 Å². The Morgan fingerprint density at radius 1 is 0.839 bits per heavy atom. The van der Waals surface area contributed by atoms with Crippen LogP contribution in [0.5, 0.6) is 5.75 Å². The van der Waals surface area contributed by atoms with Crippen LogP contribution in [0, 0.1) is 0 Å². The molecule has 11 heterocycles. The lowest BCUT2D eigenvalue weighted by Crippen LogP contribution is -2.62. The normalized spacial score (nSPS) is 24.8. The van der Waals surface area contributed by atoms with Crippen LogP contribution in [-0.2, 0) is 57.8 Å². The Kier molecular flexibility index (Phi) is 18.3. The number of methoxy groups -OCH3 is 2. The minimum atomic E-state index is -1.88. The molecule has 0 saturated carbocycles. The molecular formula is C59H61N13O16S5. The quantitative estimate of drug-likeness (QED) is 0.0568. The van der Waals surface area contributed by atoms with Gasteiger partial charge in [-0.25, -0.2) is 39.5 Å². The molecule has 0 radical (unpaired) electrons. The largest absolute Gasteiger partial charge is 0.499 e. The molecule has 1 aromatic carbocycles. The van der Waals surface area contributed by atoms with Crippen LogP contribution in [0.4, 0.5) is 0 Å². The third kappa shape index (κ3) is 12.6. The number of nitrogens with two attached hydrogens (primary N) is 1. The van der Waals surface area contributed by atoms with Crippen molar-refractivity contribution in [1.82, 2.24) is 60.8 Å². The molecule has 12 bridgehead atoms. The van der Waals surface area contributed by atoms with E-state index in [-0.39, 0.29) is 95.1 Å². The highest BCUT2D eigenvalue weighted by Crippen LogP contribution is 2.43. The lowest BCUT2D eigenvalue weighted by atomic mass is 9.85. The second-order valence-electron chi connectivity index (χ2n) is 22.5. The van der Waals surface area contributed by atoms with Gasteiger partial charge in [-0.15, -0.1) is 56.7 Å². The monoisotopic (exact) mass is 1370 g/mol. The number of nitrogens with one attached hydrogen (secondary N) is 4. The van der Waals surface area contributed by atoms with Crippen LogP contribution >= 0.6 is 56.7 Å². The number of hydrogen-bond donors (Lipinski definition) is 8. The van der Waals surface area contributed by atoms with Gasteiger partial charge in [0.25, 0.3) is 17.7 Å². The minimum absolute atomic E-state index is 0.0216. The number of benzene rings is 1. The molecule has 93 heavy (non-hydrogen) atoms. The van der Waals surface area contributed by atoms with E-state index in [1.54, 1.807) is 61.8 Å². The second-order valence-corrected chi connectivity index (χ2v) is 26.9. The number of fused-ring (bicyclic) bond motifs is 15. The third-order valence-corrected chi connectivity index (χ3v) is 20.5. The van der Waals surface area contributed by atoms with Crippen LogP contribution in [0.3, 0.4) is 0 Å². The summed E-state index contributed by atoms with van der Waals surface area (Å²) < 4.78 is 44.3. The van der Waals surface area contributed by atoms with Gasteiger partial charge >= 0.3 is 11.9 Å². The molecule has 0 aliphatic carbocycles. The molecule has 10 unspecified atom stereocenters. The number of aliphatic hydroxyl groups excluding tert-OH is 1. The van der Waals surface area contributed by atoms with Gasteiger partial charge in [-0.3, -0.25) is 19.2 Å². The van der Waals surface area contributed by atoms with Crippen LogP contribution in [0.15, 0.2) is 56.9 Å². The van der Waals surface area contributed by atoms with E-state index < -0.39 is 122 Å². The van der Waals surface area contributed by atoms with Crippen LogP contribution in [-0.4, -0.2) is 174 Å². The SMILES string of the molecule is CO/C(C)=C1/NC(=O)C(C(C)O)NC(=O)c2csc(n2)-c2cc(OC)c(-c3nc(CN)cs3)nc2-c2csc(n2)C2COC(=O)c3c4c5c(cccc5n3O)COC(=O)C(OC3CC(C)(O)C(N(C)C)C(C)O3)C(OC4)C(NC(=O)c3csc1n3)c1nc(cs1)C(=O)N2. The van der Waals surface area contributed by atoms with Crippen molar-refractivity contribution in [1.29, 1.82) is 0 Å². The Balaban J connectivity index is 1.05. The summed E-state index contributed by atoms with van der Waals surface area (Å²) >= 11 is 5.17. The number of nitrogens with zero attached hydrogens (tertiary/aromatic N) is 8. The van der Waals surface area contributed by atoms with E-state index in [1.165, 1.54) is 61.6 Å². The first-order chi connectivity index (χ1) is 44.5. The van der Waals surface area contributed by atoms with Crippen molar-refractivity contribution >= 4 is 109 Å². The first-order valence-corrected chi connectivity index (χ1v) is 33.2. The molecule has 4 aliphatic rings. The summed E-state index contributed by atoms with van der Waals surface area (Å²) in [6.45, 7) is 4.65. The van der Waals surface area contributed by atoms with Crippen LogP contribution in [0.1, 0.15) is 120 Å². The maximum Gasteiger partial charge on any atom is 0.358 e. The number of cyclic esters (lactones) is 2. The van der Waals surface area contributed by atoms with E-state index in [0.29, 0.717) is 32.3 Å². The maximum atomic E-state index is 15.2. The highest BCUT2D eigenvalue weighted by molar-refractivity contribution is 7.14. The summed E-state index contributed by atoms with van der Waals surface area (Å²) in [5.41, 5.74) is 5.52. The van der Waals surface area contributed by atoms with Crippen molar-refractivity contribution in [3.8, 4) is 38.4 Å². The van der Waals surface area contributed by atoms with Crippen molar-refractivity contribution in [2.45, 2.75) is 114 Å². The lowest BCUT2D eigenvalue weighted by molar-refractivity contribution is -0.280. The molecular weight excluding hydrogens is 1310 g/mol. The van der Waals surface area contributed by atoms with Gasteiger partial charge in [0.1, 0.15) is 114 Å². The summed E-state index contributed by atoms with van der Waals surface area (Å²) in [4.78, 5) is 120. The molecule has 34 heteroatoms. The van der Waals surface area contributed by atoms with Gasteiger partial charge in [0.2, 0.25) is 5.91 Å². The fourth-order valence-electron chi connectivity index (χ4n) is 11.6. The average Bonchev–Trinajstić information content (AvgIpc) is 1.65. The number of amides is 4. The number of likely N-dealkylation sites (N-methyl/N-ethyl adjacent to an activating group) is 1. The molecule has 9 N–H and O–H groups in total. The van der Waals surface area contributed by atoms with E-state index >= 15 is 14.4 Å². The van der Waals surface area contributed by atoms with E-state index in [9.17, 15) is 29.8 Å². The molecule has 1 saturated heterocycles. The standard InChI is InChI=1S/C59H61N13O16S5/c1-23(73)39-51(77)69-40(24(2)82-7)54-65-34(22-92-54)50(76)70-43-45-46(88-37-13-59(4,80)47(71(5)6)25(3)87-37)58(79)85-15-26-10-9-11-35-38(26)29(16-84-45)44(72(35)81)57(78)86-17-30(62-48(74)32-21-93-56(43)66-32)53-63-31(19-91-53)41-28(52-64-33(20-90-52)49(75)68-39)12-36(83-8)42(67-41)55-61-27(14-60)18-89-55/h9-12,18-23,25,30,37,39,43,45-47,73,80-81H,13-17,60H2,1-8H3,(H,62,74)(H,68,75)(H,69,77)(H,70,76)/b40-24+. The summed E-state index contributed by atoms with van der Waals surface area (Å²) in [5.74, 6) is -5.26. The smallest absolute Gasteiger partial charge is 0.358 e. The zero-order valence-electron chi connectivity index (χ0n) is 50.8. The van der Waals surface area contributed by atoms with Gasteiger partial charge in [-0.05, 0) is 59.5 Å². The highest BCUT2D eigenvalue weighted by atomic mass is 32.1. The Hall–Kier alpha value is -8.26. The Morgan fingerprint density at radius 2 is 1.52 bits per heavy atom. The molecule has 4 amide bonds. The van der Waals surface area contributed by atoms with Gasteiger partial charge in [-0.1, -0.05) is 12.1 Å². The fraction of sp³-hybridized carbons (Fsp3) is 0.390. The zero-order valence-corrected chi connectivity index (χ0v) is 54.9. The predicted octanol–water partition coefficient (Wildman–Crippen LogP) is 4.92. The number of aromatic nitrogens is 7. The Labute approximate surface area is 548 Å². The van der Waals surface area contributed by atoms with Gasteiger partial charge in [0, 0.05) is 56.4 Å². The molecule has 12 rings (SSSR count). The Morgan fingerprint density at radius 3 is 2.23 bits per heavy atom. The van der Waals surface area contributed by atoms with E-state index in [4.69, 9.17) is 58.8 Å². The summed E-state index contributed by atoms with van der Waals surface area (Å²) in [6, 6.07) is 1.37. The van der Waals surface area contributed by atoms with Crippen molar-refractivity contribution in [2.75, 3.05) is 34.9 Å². The lowest BCUT2D eigenvalue weighted by Gasteiger charge is -2.48. The zero-order chi connectivity index (χ0) is 65.9. The second kappa shape index (κ2) is 26.3. The van der Waals surface area contributed by atoms with Crippen LogP contribution < -0.4 is 31.7 Å². The third-order valence-electron chi connectivity index (χ3n) is 16.0. The van der Waals surface area contributed by atoms with Crippen LogP contribution in [0.2, 0.25) is 0 Å². The molecule has 29 nitrogen and oxygen atoms in total. The molecule has 7 aromatic heterocycles. The molecule has 8 aromatic rings. The van der Waals surface area contributed by atoms with Gasteiger partial charge in [0.05, 0.1) is 55.9 Å². The van der Waals surface area contributed by atoms with Gasteiger partial charge in [0.15, 0.2) is 18.1 Å².